The number of aryl methyl sites for hydroxylation is 3. The Labute approximate surface area is 155 Å². The highest BCUT2D eigenvalue weighted by Crippen LogP contribution is 2.20. The summed E-state index contributed by atoms with van der Waals surface area (Å²) in [5.74, 6) is 1.20. The maximum absolute atomic E-state index is 12.3. The highest BCUT2D eigenvalue weighted by Gasteiger charge is 2.12. The van der Waals surface area contributed by atoms with Crippen LogP contribution < -0.4 is 10.1 Å². The molecule has 3 rings (SSSR count). The van der Waals surface area contributed by atoms with Crippen molar-refractivity contribution in [1.29, 1.82) is 0 Å². The lowest BCUT2D eigenvalue weighted by molar-refractivity contribution is 0.102. The lowest BCUT2D eigenvalue weighted by atomic mass is 10.2. The first-order valence-electron chi connectivity index (χ1n) is 8.35. The summed E-state index contributed by atoms with van der Waals surface area (Å²) in [6, 6.07) is 6.95. The number of anilines is 1. The van der Waals surface area contributed by atoms with Gasteiger partial charge in [0.2, 0.25) is 5.13 Å². The highest BCUT2D eigenvalue weighted by molar-refractivity contribution is 7.15. The Bertz CT molecular complexity index is 867. The Morgan fingerprint density at radius 1 is 1.23 bits per heavy atom. The predicted molar refractivity (Wildman–Crippen MR) is 98.6 cm³/mol. The molecule has 2 heterocycles. The predicted octanol–water partition coefficient (Wildman–Crippen LogP) is 3.93. The minimum absolute atomic E-state index is 0.221. The first-order chi connectivity index (χ1) is 12.6. The van der Waals surface area contributed by atoms with Gasteiger partial charge in [-0.25, -0.2) is 0 Å². The molecule has 0 bridgehead atoms. The fourth-order valence-corrected chi connectivity index (χ4v) is 3.19. The van der Waals surface area contributed by atoms with E-state index in [1.165, 1.54) is 11.3 Å². The highest BCUT2D eigenvalue weighted by atomic mass is 32.1. The van der Waals surface area contributed by atoms with Crippen LogP contribution >= 0.6 is 11.3 Å². The number of nitrogens with zero attached hydrogens (tertiary/aromatic N) is 3. The summed E-state index contributed by atoms with van der Waals surface area (Å²) in [5.41, 5.74) is 2.28. The third kappa shape index (κ3) is 4.26. The molecule has 3 aromatic rings. The second kappa shape index (κ2) is 8.09. The first-order valence-corrected chi connectivity index (χ1v) is 9.16. The van der Waals surface area contributed by atoms with Crippen molar-refractivity contribution in [2.75, 3.05) is 5.32 Å². The fourth-order valence-electron chi connectivity index (χ4n) is 2.35. The summed E-state index contributed by atoms with van der Waals surface area (Å²) in [6.45, 7) is 6.18. The maximum atomic E-state index is 12.3. The van der Waals surface area contributed by atoms with E-state index in [9.17, 15) is 4.79 Å². The minimum Gasteiger partial charge on any atom is -0.489 e. The van der Waals surface area contributed by atoms with Gasteiger partial charge in [0.05, 0.1) is 11.3 Å². The number of hydrogen-bond acceptors (Lipinski definition) is 7. The zero-order chi connectivity index (χ0) is 18.5. The van der Waals surface area contributed by atoms with E-state index < -0.39 is 0 Å². The second-order valence-corrected chi connectivity index (χ2v) is 6.88. The molecule has 0 atom stereocenters. The monoisotopic (exact) mass is 372 g/mol. The molecular weight excluding hydrogens is 352 g/mol. The Morgan fingerprint density at radius 3 is 2.65 bits per heavy atom. The summed E-state index contributed by atoms with van der Waals surface area (Å²) in [7, 11) is 0. The average molecular weight is 372 g/mol. The van der Waals surface area contributed by atoms with Crippen LogP contribution in [0.25, 0.3) is 0 Å². The maximum Gasteiger partial charge on any atom is 0.257 e. The number of aromatic nitrogens is 3. The van der Waals surface area contributed by atoms with Crippen molar-refractivity contribution in [3.05, 3.63) is 51.9 Å². The van der Waals surface area contributed by atoms with Crippen molar-refractivity contribution >= 4 is 22.4 Å². The van der Waals surface area contributed by atoms with E-state index in [2.05, 4.69) is 27.6 Å². The molecule has 0 fully saturated rings. The SMILES string of the molecule is CCCc1nnc(NC(=O)c2ccc(OCc3c(C)noc3C)cc2)s1. The van der Waals surface area contributed by atoms with Gasteiger partial charge in [0.1, 0.15) is 23.1 Å². The number of amides is 1. The molecule has 7 nitrogen and oxygen atoms in total. The molecule has 0 saturated carbocycles. The molecule has 1 amide bonds. The molecule has 0 aliphatic heterocycles. The quantitative estimate of drug-likeness (QED) is 0.676. The number of ether oxygens (including phenoxy) is 1. The third-order valence-corrected chi connectivity index (χ3v) is 4.73. The lowest BCUT2D eigenvalue weighted by Crippen LogP contribution is -2.11. The summed E-state index contributed by atoms with van der Waals surface area (Å²) in [4.78, 5) is 12.3. The van der Waals surface area contributed by atoms with Crippen LogP contribution in [0.1, 0.15) is 45.7 Å². The number of carbonyl (C=O) groups excluding carboxylic acids is 1. The third-order valence-electron chi connectivity index (χ3n) is 3.83. The number of rotatable bonds is 7. The van der Waals surface area contributed by atoms with Crippen LogP contribution in [0, 0.1) is 13.8 Å². The van der Waals surface area contributed by atoms with Crippen molar-refractivity contribution in [1.82, 2.24) is 15.4 Å². The Kier molecular flexibility index (Phi) is 5.62. The molecule has 26 heavy (non-hydrogen) atoms. The van der Waals surface area contributed by atoms with Gasteiger partial charge >= 0.3 is 0 Å². The van der Waals surface area contributed by atoms with Crippen LogP contribution in [-0.2, 0) is 13.0 Å². The summed E-state index contributed by atoms with van der Waals surface area (Å²) in [5, 5.41) is 16.1. The minimum atomic E-state index is -0.221. The molecule has 0 saturated heterocycles. The van der Waals surface area contributed by atoms with Crippen LogP contribution in [-0.4, -0.2) is 21.3 Å². The van der Waals surface area contributed by atoms with Gasteiger partial charge in [-0.2, -0.15) is 0 Å². The van der Waals surface area contributed by atoms with Crippen LogP contribution in [0.5, 0.6) is 5.75 Å². The van der Waals surface area contributed by atoms with Crippen LogP contribution in [0.2, 0.25) is 0 Å². The molecular formula is C18H20N4O3S. The summed E-state index contributed by atoms with van der Waals surface area (Å²) in [6.07, 6.45) is 1.86. The molecule has 0 aliphatic carbocycles. The molecule has 8 heteroatoms. The topological polar surface area (TPSA) is 90.1 Å². The van der Waals surface area contributed by atoms with Crippen LogP contribution in [0.3, 0.4) is 0 Å². The van der Waals surface area contributed by atoms with Crippen molar-refractivity contribution in [3.8, 4) is 5.75 Å². The van der Waals surface area contributed by atoms with Crippen LogP contribution in [0.4, 0.5) is 5.13 Å². The smallest absolute Gasteiger partial charge is 0.257 e. The standard InChI is InChI=1S/C18H20N4O3S/c1-4-5-16-20-21-18(26-16)19-17(23)13-6-8-14(9-7-13)24-10-15-11(2)22-25-12(15)3/h6-9H,4-5,10H2,1-3H3,(H,19,21,23). The zero-order valence-electron chi connectivity index (χ0n) is 14.9. The normalized spacial score (nSPS) is 10.7. The van der Waals surface area contributed by atoms with Gasteiger partial charge in [-0.1, -0.05) is 23.4 Å². The van der Waals surface area contributed by atoms with Gasteiger partial charge in [0, 0.05) is 12.0 Å². The number of hydrogen-bond donors (Lipinski definition) is 1. The van der Waals surface area contributed by atoms with Gasteiger partial charge in [-0.15, -0.1) is 10.2 Å². The van der Waals surface area contributed by atoms with Crippen molar-refractivity contribution in [3.63, 3.8) is 0 Å². The fraction of sp³-hybridized carbons (Fsp3) is 0.333. The average Bonchev–Trinajstić information content (AvgIpc) is 3.20. The van der Waals surface area contributed by atoms with E-state index in [1.54, 1.807) is 24.3 Å². The molecule has 1 N–H and O–H groups in total. The van der Waals surface area contributed by atoms with Crippen molar-refractivity contribution in [2.24, 2.45) is 0 Å². The van der Waals surface area contributed by atoms with Gasteiger partial charge in [-0.05, 0) is 44.5 Å². The van der Waals surface area contributed by atoms with Gasteiger partial charge < -0.3 is 9.26 Å². The Morgan fingerprint density at radius 2 is 2.00 bits per heavy atom. The summed E-state index contributed by atoms with van der Waals surface area (Å²) >= 11 is 1.40. The van der Waals surface area contributed by atoms with E-state index in [-0.39, 0.29) is 5.91 Å². The second-order valence-electron chi connectivity index (χ2n) is 5.82. The molecule has 0 unspecified atom stereocenters. The van der Waals surface area contributed by atoms with E-state index in [0.717, 1.165) is 34.9 Å². The molecule has 1 aromatic carbocycles. The largest absolute Gasteiger partial charge is 0.489 e. The Hall–Kier alpha value is -2.74. The van der Waals surface area contributed by atoms with Crippen LogP contribution in [0.15, 0.2) is 28.8 Å². The zero-order valence-corrected chi connectivity index (χ0v) is 15.7. The van der Waals surface area contributed by atoms with Gasteiger partial charge in [-0.3, -0.25) is 10.1 Å². The molecule has 0 aliphatic rings. The number of nitrogens with one attached hydrogen (secondary N) is 1. The first kappa shape index (κ1) is 18.1. The molecule has 0 spiro atoms. The molecule has 136 valence electrons. The van der Waals surface area contributed by atoms with E-state index >= 15 is 0 Å². The van der Waals surface area contributed by atoms with Crippen molar-refractivity contribution < 1.29 is 14.1 Å². The lowest BCUT2D eigenvalue weighted by Gasteiger charge is -2.07. The van der Waals surface area contributed by atoms with Gasteiger partial charge in [0.25, 0.3) is 5.91 Å². The number of benzene rings is 1. The van der Waals surface area contributed by atoms with Gasteiger partial charge in [0.15, 0.2) is 0 Å². The van der Waals surface area contributed by atoms with E-state index in [0.29, 0.717) is 23.1 Å². The molecule has 0 radical (unpaired) electrons. The number of carbonyl (C=O) groups is 1. The molecule has 2 aromatic heterocycles. The Balaban J connectivity index is 1.58. The van der Waals surface area contributed by atoms with E-state index in [4.69, 9.17) is 9.26 Å². The van der Waals surface area contributed by atoms with E-state index in [1.807, 2.05) is 13.8 Å². The summed E-state index contributed by atoms with van der Waals surface area (Å²) < 4.78 is 10.9. The van der Waals surface area contributed by atoms with Crippen molar-refractivity contribution in [2.45, 2.75) is 40.2 Å².